The Kier molecular flexibility index (Phi) is 7.74. The van der Waals surface area contributed by atoms with Crippen molar-refractivity contribution in [1.29, 1.82) is 0 Å². The first kappa shape index (κ1) is 20.0. The first-order valence-corrected chi connectivity index (χ1v) is 7.72. The van der Waals surface area contributed by atoms with Crippen molar-refractivity contribution in [2.45, 2.75) is 32.9 Å². The smallest absolute Gasteiger partial charge is 0.237 e. The molecule has 0 unspecified atom stereocenters. The van der Waals surface area contributed by atoms with Crippen LogP contribution in [0.4, 0.5) is 0 Å². The number of carbonyl (C=O) groups excluding carboxylic acids is 1. The molecule has 2 rings (SSSR count). The van der Waals surface area contributed by atoms with Gasteiger partial charge in [-0.25, -0.2) is 4.68 Å². The topological polar surface area (TPSA) is 82.2 Å². The third-order valence-electron chi connectivity index (χ3n) is 3.49. The summed E-state index contributed by atoms with van der Waals surface area (Å²) in [7, 11) is 1.63. The summed E-state index contributed by atoms with van der Waals surface area (Å²) in [4.78, 5) is 11.9. The van der Waals surface area contributed by atoms with E-state index in [1.165, 1.54) is 0 Å². The summed E-state index contributed by atoms with van der Waals surface area (Å²) in [6.45, 7) is 4.46. The van der Waals surface area contributed by atoms with Gasteiger partial charge in [-0.3, -0.25) is 4.79 Å². The summed E-state index contributed by atoms with van der Waals surface area (Å²) in [6, 6.07) is 9.00. The Labute approximate surface area is 148 Å². The Bertz CT molecular complexity index is 640. The Hall–Kier alpha value is -2.05. The van der Waals surface area contributed by atoms with Gasteiger partial charge in [0.25, 0.3) is 0 Å². The zero-order chi connectivity index (χ0) is 16.8. The largest absolute Gasteiger partial charge is 0.497 e. The number of nitrogens with one attached hydrogen (secondary N) is 1. The molecule has 0 fully saturated rings. The standard InChI is InChI=1S/C17H24N4O2.ClH/c1-12(2)10-16(18)17(22)19-11-13-8-9-21(20-13)14-4-6-15(23-3)7-5-14;/h4-9,12,16H,10-11,18H2,1-3H3,(H,19,22);1H/t16-;/m0./s1. The minimum Gasteiger partial charge on any atom is -0.497 e. The van der Waals surface area contributed by atoms with Crippen molar-refractivity contribution in [3.8, 4) is 11.4 Å². The number of nitrogens with two attached hydrogens (primary N) is 1. The molecule has 0 aliphatic rings. The Morgan fingerprint density at radius 3 is 2.54 bits per heavy atom. The minimum atomic E-state index is -0.473. The highest BCUT2D eigenvalue weighted by atomic mass is 35.5. The number of halogens is 1. The molecule has 24 heavy (non-hydrogen) atoms. The second-order valence-electron chi connectivity index (χ2n) is 5.90. The Morgan fingerprint density at radius 2 is 1.96 bits per heavy atom. The van der Waals surface area contributed by atoms with Crippen molar-refractivity contribution in [1.82, 2.24) is 15.1 Å². The van der Waals surface area contributed by atoms with Crippen LogP contribution in [0.15, 0.2) is 36.5 Å². The van der Waals surface area contributed by atoms with Crippen LogP contribution < -0.4 is 15.8 Å². The molecule has 3 N–H and O–H groups in total. The maximum atomic E-state index is 11.9. The van der Waals surface area contributed by atoms with Crippen LogP contribution in [-0.4, -0.2) is 28.8 Å². The molecule has 7 heteroatoms. The van der Waals surface area contributed by atoms with Crippen LogP contribution in [0.25, 0.3) is 5.69 Å². The number of hydrogen-bond donors (Lipinski definition) is 2. The first-order chi connectivity index (χ1) is 11.0. The van der Waals surface area contributed by atoms with Gasteiger partial charge in [0.05, 0.1) is 31.1 Å². The lowest BCUT2D eigenvalue weighted by atomic mass is 10.0. The number of nitrogens with zero attached hydrogens (tertiary/aromatic N) is 2. The second kappa shape index (κ2) is 9.30. The van der Waals surface area contributed by atoms with E-state index in [1.807, 2.05) is 50.4 Å². The van der Waals surface area contributed by atoms with Crippen LogP contribution >= 0.6 is 12.4 Å². The molecule has 1 atom stereocenters. The maximum absolute atomic E-state index is 11.9. The predicted octanol–water partition coefficient (Wildman–Crippen LogP) is 2.29. The highest BCUT2D eigenvalue weighted by Crippen LogP contribution is 2.14. The molecule has 1 heterocycles. The third-order valence-corrected chi connectivity index (χ3v) is 3.49. The highest BCUT2D eigenvalue weighted by Gasteiger charge is 2.14. The molecule has 1 aromatic heterocycles. The van der Waals surface area contributed by atoms with Crippen LogP contribution in [0.5, 0.6) is 5.75 Å². The summed E-state index contributed by atoms with van der Waals surface area (Å²) in [5.41, 5.74) is 7.57. The van der Waals surface area contributed by atoms with Gasteiger partial charge in [-0.1, -0.05) is 13.8 Å². The van der Waals surface area contributed by atoms with E-state index in [9.17, 15) is 4.79 Å². The number of ether oxygens (including phenoxy) is 1. The number of methoxy groups -OCH3 is 1. The maximum Gasteiger partial charge on any atom is 0.237 e. The van der Waals surface area contributed by atoms with Crippen molar-refractivity contribution in [3.05, 3.63) is 42.2 Å². The minimum absolute atomic E-state index is 0. The molecule has 0 saturated carbocycles. The zero-order valence-corrected chi connectivity index (χ0v) is 15.0. The zero-order valence-electron chi connectivity index (χ0n) is 14.2. The van der Waals surface area contributed by atoms with Crippen molar-refractivity contribution in [3.63, 3.8) is 0 Å². The van der Waals surface area contributed by atoms with E-state index in [1.54, 1.807) is 11.8 Å². The fourth-order valence-corrected chi connectivity index (χ4v) is 2.26. The lowest BCUT2D eigenvalue weighted by molar-refractivity contribution is -0.122. The molecule has 0 aliphatic carbocycles. The number of hydrogen-bond acceptors (Lipinski definition) is 4. The number of benzene rings is 1. The molecule has 0 bridgehead atoms. The summed E-state index contributed by atoms with van der Waals surface area (Å²) in [5.74, 6) is 1.05. The van der Waals surface area contributed by atoms with Gasteiger partial charge in [-0.2, -0.15) is 5.10 Å². The summed E-state index contributed by atoms with van der Waals surface area (Å²) in [5, 5.41) is 7.28. The van der Waals surface area contributed by atoms with Gasteiger partial charge < -0.3 is 15.8 Å². The van der Waals surface area contributed by atoms with Crippen LogP contribution in [0.2, 0.25) is 0 Å². The van der Waals surface area contributed by atoms with Gasteiger partial charge in [-0.15, -0.1) is 12.4 Å². The van der Waals surface area contributed by atoms with Crippen molar-refractivity contribution >= 4 is 18.3 Å². The lowest BCUT2D eigenvalue weighted by Gasteiger charge is -2.13. The molecule has 0 radical (unpaired) electrons. The van der Waals surface area contributed by atoms with Crippen molar-refractivity contribution in [2.24, 2.45) is 11.7 Å². The highest BCUT2D eigenvalue weighted by molar-refractivity contribution is 5.85. The average Bonchev–Trinajstić information content (AvgIpc) is 3.01. The fraction of sp³-hybridized carbons (Fsp3) is 0.412. The monoisotopic (exact) mass is 352 g/mol. The molecular formula is C17H25ClN4O2. The molecule has 132 valence electrons. The molecule has 0 spiro atoms. The Morgan fingerprint density at radius 1 is 1.29 bits per heavy atom. The number of carbonyl (C=O) groups is 1. The average molecular weight is 353 g/mol. The number of aromatic nitrogens is 2. The molecule has 1 aromatic carbocycles. The molecule has 1 amide bonds. The quantitative estimate of drug-likeness (QED) is 0.801. The van der Waals surface area contributed by atoms with Crippen molar-refractivity contribution in [2.75, 3.05) is 7.11 Å². The van der Waals surface area contributed by atoms with E-state index in [2.05, 4.69) is 10.4 Å². The van der Waals surface area contributed by atoms with Gasteiger partial charge in [-0.05, 0) is 42.7 Å². The SMILES string of the molecule is COc1ccc(-n2ccc(CNC(=O)[C@@H](N)CC(C)C)n2)cc1.Cl. The van der Waals surface area contributed by atoms with E-state index >= 15 is 0 Å². The van der Waals surface area contributed by atoms with Crippen LogP contribution in [0.3, 0.4) is 0 Å². The van der Waals surface area contributed by atoms with Gasteiger partial charge in [0.1, 0.15) is 5.75 Å². The van der Waals surface area contributed by atoms with E-state index < -0.39 is 6.04 Å². The van der Waals surface area contributed by atoms with Crippen LogP contribution in [-0.2, 0) is 11.3 Å². The van der Waals surface area contributed by atoms with Crippen LogP contribution in [0.1, 0.15) is 26.0 Å². The molecule has 0 saturated heterocycles. The van der Waals surface area contributed by atoms with Gasteiger partial charge in [0.2, 0.25) is 5.91 Å². The summed E-state index contributed by atoms with van der Waals surface area (Å²) < 4.78 is 6.89. The summed E-state index contributed by atoms with van der Waals surface area (Å²) >= 11 is 0. The summed E-state index contributed by atoms with van der Waals surface area (Å²) in [6.07, 6.45) is 2.53. The molecule has 0 aliphatic heterocycles. The number of amides is 1. The molecule has 6 nitrogen and oxygen atoms in total. The van der Waals surface area contributed by atoms with Crippen molar-refractivity contribution < 1.29 is 9.53 Å². The first-order valence-electron chi connectivity index (χ1n) is 7.72. The fourth-order valence-electron chi connectivity index (χ4n) is 2.26. The third kappa shape index (κ3) is 5.54. The van der Waals surface area contributed by atoms with Crippen LogP contribution in [0, 0.1) is 5.92 Å². The molecular weight excluding hydrogens is 328 g/mol. The Balaban J connectivity index is 0.00000288. The van der Waals surface area contributed by atoms with E-state index in [4.69, 9.17) is 10.5 Å². The van der Waals surface area contributed by atoms with E-state index in [0.29, 0.717) is 18.9 Å². The van der Waals surface area contributed by atoms with Gasteiger partial charge in [0, 0.05) is 6.20 Å². The normalized spacial score (nSPS) is 11.7. The molecule has 2 aromatic rings. The lowest BCUT2D eigenvalue weighted by Crippen LogP contribution is -2.41. The predicted molar refractivity (Wildman–Crippen MR) is 96.6 cm³/mol. The van der Waals surface area contributed by atoms with Gasteiger partial charge >= 0.3 is 0 Å². The van der Waals surface area contributed by atoms with E-state index in [0.717, 1.165) is 17.1 Å². The second-order valence-corrected chi connectivity index (χ2v) is 5.90. The van der Waals surface area contributed by atoms with Gasteiger partial charge in [0.15, 0.2) is 0 Å². The number of rotatable bonds is 7. The van der Waals surface area contributed by atoms with E-state index in [-0.39, 0.29) is 18.3 Å².